The highest BCUT2D eigenvalue weighted by molar-refractivity contribution is 5.79. The van der Waals surface area contributed by atoms with Crippen LogP contribution in [0.1, 0.15) is 31.7 Å². The molecule has 1 saturated carbocycles. The van der Waals surface area contributed by atoms with Gasteiger partial charge in [-0.25, -0.2) is 14.4 Å². The second-order valence-electron chi connectivity index (χ2n) is 6.55. The Kier molecular flexibility index (Phi) is 4.66. The summed E-state index contributed by atoms with van der Waals surface area (Å²) >= 11 is 0. The summed E-state index contributed by atoms with van der Waals surface area (Å²) in [6.45, 7) is 0. The molecule has 2 heterocycles. The van der Waals surface area contributed by atoms with Crippen molar-refractivity contribution in [1.82, 2.24) is 19.5 Å². The molecule has 4 rings (SSSR count). The van der Waals surface area contributed by atoms with Gasteiger partial charge in [-0.2, -0.15) is 4.98 Å². The molecule has 3 aromatic rings. The highest BCUT2D eigenvalue weighted by Crippen LogP contribution is 2.36. The Hall–Kier alpha value is -3.09. The maximum Gasteiger partial charge on any atom is 0.216 e. The van der Waals surface area contributed by atoms with E-state index in [9.17, 15) is 9.18 Å². The number of rotatable bonds is 4. The van der Waals surface area contributed by atoms with Crippen molar-refractivity contribution in [3.8, 4) is 28.7 Å². The third kappa shape index (κ3) is 3.45. The zero-order chi connectivity index (χ0) is 18.8. The molecule has 2 aromatic heterocycles. The first-order valence-electron chi connectivity index (χ1n) is 8.87. The molecule has 6 nitrogen and oxygen atoms in total. The molecule has 0 atom stereocenters. The van der Waals surface area contributed by atoms with Crippen LogP contribution in [0.3, 0.4) is 0 Å². The van der Waals surface area contributed by atoms with Gasteiger partial charge in [-0.05, 0) is 37.1 Å². The smallest absolute Gasteiger partial charge is 0.216 e. The number of nitrogens with zero attached hydrogens (tertiary/aromatic N) is 4. The summed E-state index contributed by atoms with van der Waals surface area (Å²) in [5, 5.41) is 0. The molecule has 0 unspecified atom stereocenters. The molecule has 1 aromatic carbocycles. The zero-order valence-corrected chi connectivity index (χ0v) is 14.9. The Morgan fingerprint density at radius 2 is 1.85 bits per heavy atom. The van der Waals surface area contributed by atoms with Crippen LogP contribution in [0.25, 0.3) is 22.8 Å². The van der Waals surface area contributed by atoms with Crippen molar-refractivity contribution in [3.63, 3.8) is 0 Å². The summed E-state index contributed by atoms with van der Waals surface area (Å²) in [5.41, 5.74) is 2.21. The lowest BCUT2D eigenvalue weighted by molar-refractivity contribution is -0.120. The van der Waals surface area contributed by atoms with Gasteiger partial charge >= 0.3 is 0 Å². The molecule has 27 heavy (non-hydrogen) atoms. The molecule has 0 aliphatic heterocycles. The number of imidazole rings is 1. The van der Waals surface area contributed by atoms with E-state index in [4.69, 9.17) is 4.74 Å². The fourth-order valence-electron chi connectivity index (χ4n) is 3.45. The normalized spacial score (nSPS) is 15.1. The number of aromatic nitrogens is 4. The van der Waals surface area contributed by atoms with Crippen LogP contribution in [0.4, 0.5) is 4.39 Å². The quantitative estimate of drug-likeness (QED) is 0.702. The third-order valence-corrected chi connectivity index (χ3v) is 4.87. The van der Waals surface area contributed by atoms with Crippen LogP contribution in [0.15, 0.2) is 42.9 Å². The number of hydrogen-bond acceptors (Lipinski definition) is 5. The van der Waals surface area contributed by atoms with Gasteiger partial charge in [-0.1, -0.05) is 0 Å². The van der Waals surface area contributed by atoms with Crippen molar-refractivity contribution >= 4 is 5.78 Å². The van der Waals surface area contributed by atoms with E-state index in [1.165, 1.54) is 12.1 Å². The van der Waals surface area contributed by atoms with Gasteiger partial charge in [0.25, 0.3) is 0 Å². The van der Waals surface area contributed by atoms with Crippen molar-refractivity contribution in [2.75, 3.05) is 7.11 Å². The molecule has 0 bridgehead atoms. The van der Waals surface area contributed by atoms with E-state index in [1.807, 2.05) is 4.57 Å². The van der Waals surface area contributed by atoms with E-state index in [1.54, 1.807) is 37.8 Å². The number of hydrogen-bond donors (Lipinski definition) is 0. The molecule has 1 fully saturated rings. The van der Waals surface area contributed by atoms with Gasteiger partial charge in [-0.3, -0.25) is 4.79 Å². The maximum atomic E-state index is 13.4. The minimum absolute atomic E-state index is 0.147. The molecule has 0 spiro atoms. The van der Waals surface area contributed by atoms with E-state index in [2.05, 4.69) is 15.0 Å². The fourth-order valence-corrected chi connectivity index (χ4v) is 3.45. The van der Waals surface area contributed by atoms with Gasteiger partial charge in [0, 0.05) is 36.7 Å². The molecule has 138 valence electrons. The Balaban J connectivity index is 1.84. The standard InChI is InChI=1S/C20H19FN4O2/c1-27-17-10-11-22-20(24-17)19-18(13-2-4-14(21)5-3-13)23-12-25(19)15-6-8-16(26)9-7-15/h2-5,10-12,15H,6-9H2,1H3. The number of carbonyl (C=O) groups is 1. The maximum absolute atomic E-state index is 13.4. The highest BCUT2D eigenvalue weighted by atomic mass is 19.1. The van der Waals surface area contributed by atoms with E-state index in [-0.39, 0.29) is 11.9 Å². The lowest BCUT2D eigenvalue weighted by atomic mass is 9.94. The van der Waals surface area contributed by atoms with Crippen molar-refractivity contribution in [2.24, 2.45) is 0 Å². The average molecular weight is 366 g/mol. The third-order valence-electron chi connectivity index (χ3n) is 4.87. The summed E-state index contributed by atoms with van der Waals surface area (Å²) in [5.74, 6) is 0.937. The summed E-state index contributed by atoms with van der Waals surface area (Å²) in [6, 6.07) is 8.02. The summed E-state index contributed by atoms with van der Waals surface area (Å²) < 4.78 is 20.6. The topological polar surface area (TPSA) is 69.9 Å². The van der Waals surface area contributed by atoms with Crippen LogP contribution in [0.2, 0.25) is 0 Å². The molecular weight excluding hydrogens is 347 g/mol. The first-order valence-corrected chi connectivity index (χ1v) is 8.87. The van der Waals surface area contributed by atoms with Crippen molar-refractivity contribution in [2.45, 2.75) is 31.7 Å². The highest BCUT2D eigenvalue weighted by Gasteiger charge is 2.26. The van der Waals surface area contributed by atoms with Gasteiger partial charge in [0.1, 0.15) is 17.3 Å². The van der Waals surface area contributed by atoms with Gasteiger partial charge in [0.15, 0.2) is 5.82 Å². The summed E-state index contributed by atoms with van der Waals surface area (Å²) in [7, 11) is 1.55. The van der Waals surface area contributed by atoms with Gasteiger partial charge in [0.05, 0.1) is 19.1 Å². The number of ketones is 1. The lowest BCUT2D eigenvalue weighted by Gasteiger charge is -2.24. The van der Waals surface area contributed by atoms with Crippen LogP contribution >= 0.6 is 0 Å². The molecular formula is C20H19FN4O2. The van der Waals surface area contributed by atoms with Crippen molar-refractivity contribution < 1.29 is 13.9 Å². The second kappa shape index (κ2) is 7.26. The predicted octanol–water partition coefficient (Wildman–Crippen LogP) is 3.84. The van der Waals surface area contributed by atoms with Crippen LogP contribution in [0, 0.1) is 5.82 Å². The SMILES string of the molecule is COc1ccnc(-c2c(-c3ccc(F)cc3)ncn2C2CCC(=O)CC2)n1. The molecule has 1 aliphatic rings. The first kappa shape index (κ1) is 17.3. The molecule has 0 saturated heterocycles. The molecule has 0 amide bonds. The molecule has 0 N–H and O–H groups in total. The fraction of sp³-hybridized carbons (Fsp3) is 0.300. The van der Waals surface area contributed by atoms with Crippen LogP contribution in [0.5, 0.6) is 5.88 Å². The van der Waals surface area contributed by atoms with Gasteiger partial charge in [0.2, 0.25) is 5.88 Å². The Bertz CT molecular complexity index is 958. The lowest BCUT2D eigenvalue weighted by Crippen LogP contribution is -2.18. The largest absolute Gasteiger partial charge is 0.481 e. The summed E-state index contributed by atoms with van der Waals surface area (Å²) in [6.07, 6.45) is 6.04. The van der Waals surface area contributed by atoms with E-state index in [0.29, 0.717) is 36.0 Å². The average Bonchev–Trinajstić information content (AvgIpc) is 3.14. The first-order chi connectivity index (χ1) is 13.2. The number of benzene rings is 1. The van der Waals surface area contributed by atoms with E-state index in [0.717, 1.165) is 24.1 Å². The van der Waals surface area contributed by atoms with Crippen LogP contribution < -0.4 is 4.74 Å². The van der Waals surface area contributed by atoms with Crippen LogP contribution in [-0.2, 0) is 4.79 Å². The van der Waals surface area contributed by atoms with E-state index >= 15 is 0 Å². The number of carbonyl (C=O) groups excluding carboxylic acids is 1. The van der Waals surface area contributed by atoms with E-state index < -0.39 is 0 Å². The Labute approximate surface area is 156 Å². The number of halogens is 1. The molecule has 0 radical (unpaired) electrons. The van der Waals surface area contributed by atoms with Crippen molar-refractivity contribution in [3.05, 3.63) is 48.7 Å². The van der Waals surface area contributed by atoms with Gasteiger partial charge in [-0.15, -0.1) is 0 Å². The van der Waals surface area contributed by atoms with Crippen LogP contribution in [-0.4, -0.2) is 32.4 Å². The second-order valence-corrected chi connectivity index (χ2v) is 6.55. The van der Waals surface area contributed by atoms with Gasteiger partial charge < -0.3 is 9.30 Å². The number of ether oxygens (including phenoxy) is 1. The Morgan fingerprint density at radius 1 is 1.11 bits per heavy atom. The molecule has 7 heteroatoms. The number of methoxy groups -OCH3 is 1. The van der Waals surface area contributed by atoms with Crippen molar-refractivity contribution in [1.29, 1.82) is 0 Å². The predicted molar refractivity (Wildman–Crippen MR) is 97.7 cm³/mol. The summed E-state index contributed by atoms with van der Waals surface area (Å²) in [4.78, 5) is 25.1. The minimum atomic E-state index is -0.303. The Morgan fingerprint density at radius 3 is 2.56 bits per heavy atom. The monoisotopic (exact) mass is 366 g/mol. The minimum Gasteiger partial charge on any atom is -0.481 e. The number of Topliss-reactive ketones (excluding diaryl/α,β-unsaturated/α-hetero) is 1. The zero-order valence-electron chi connectivity index (χ0n) is 14.9. The molecule has 1 aliphatic carbocycles.